The molecule has 0 bridgehead atoms. The van der Waals surface area contributed by atoms with Crippen LogP contribution in [0.1, 0.15) is 64.6 Å². The smallest absolute Gasteiger partial charge is 0.0640 e. The molecule has 114 valence electrons. The first-order valence-corrected chi connectivity index (χ1v) is 8.35. The zero-order chi connectivity index (χ0) is 14.5. The lowest BCUT2D eigenvalue weighted by Gasteiger charge is -2.33. The summed E-state index contributed by atoms with van der Waals surface area (Å²) < 4.78 is 2.12. The van der Waals surface area contributed by atoms with E-state index in [1.807, 2.05) is 0 Å². The van der Waals surface area contributed by atoms with Crippen LogP contribution < -0.4 is 5.32 Å². The summed E-state index contributed by atoms with van der Waals surface area (Å²) >= 11 is 0. The van der Waals surface area contributed by atoms with Crippen LogP contribution >= 0.6 is 0 Å². The monoisotopic (exact) mass is 277 g/mol. The molecule has 3 heteroatoms. The van der Waals surface area contributed by atoms with E-state index in [-0.39, 0.29) is 0 Å². The van der Waals surface area contributed by atoms with Crippen LogP contribution in [0.3, 0.4) is 0 Å². The normalized spacial score (nSPS) is 26.4. The van der Waals surface area contributed by atoms with E-state index in [1.54, 1.807) is 0 Å². The van der Waals surface area contributed by atoms with Gasteiger partial charge in [-0.2, -0.15) is 5.10 Å². The Morgan fingerprint density at radius 2 is 2.25 bits per heavy atom. The maximum absolute atomic E-state index is 4.76. The van der Waals surface area contributed by atoms with E-state index in [9.17, 15) is 0 Å². The lowest BCUT2D eigenvalue weighted by atomic mass is 9.77. The van der Waals surface area contributed by atoms with E-state index < -0.39 is 0 Å². The quantitative estimate of drug-likeness (QED) is 0.857. The molecule has 1 aliphatic rings. The Labute approximate surface area is 124 Å². The molecule has 0 saturated heterocycles. The Kier molecular flexibility index (Phi) is 5.64. The van der Waals surface area contributed by atoms with Gasteiger partial charge in [-0.15, -0.1) is 0 Å². The maximum Gasteiger partial charge on any atom is 0.0640 e. The Bertz CT molecular complexity index is 399. The summed E-state index contributed by atoms with van der Waals surface area (Å²) in [5.41, 5.74) is 1.24. The van der Waals surface area contributed by atoms with Gasteiger partial charge in [0.1, 0.15) is 0 Å². The summed E-state index contributed by atoms with van der Waals surface area (Å²) in [5, 5.41) is 8.30. The van der Waals surface area contributed by atoms with Gasteiger partial charge in [0.15, 0.2) is 0 Å². The average Bonchev–Trinajstić information content (AvgIpc) is 2.92. The minimum Gasteiger partial charge on any atom is -0.316 e. The van der Waals surface area contributed by atoms with E-state index in [0.717, 1.165) is 24.7 Å². The third-order valence-electron chi connectivity index (χ3n) is 5.05. The molecule has 4 unspecified atom stereocenters. The molecule has 1 heterocycles. The number of hydrogen-bond donors (Lipinski definition) is 1. The van der Waals surface area contributed by atoms with Crippen LogP contribution in [-0.2, 0) is 6.42 Å². The van der Waals surface area contributed by atoms with Gasteiger partial charge in [-0.25, -0.2) is 0 Å². The van der Waals surface area contributed by atoms with Crippen LogP contribution in [0.4, 0.5) is 0 Å². The number of nitrogens with zero attached hydrogens (tertiary/aromatic N) is 2. The van der Waals surface area contributed by atoms with Crippen LogP contribution in [-0.4, -0.2) is 22.9 Å². The van der Waals surface area contributed by atoms with Crippen molar-refractivity contribution < 1.29 is 0 Å². The van der Waals surface area contributed by atoms with Crippen molar-refractivity contribution in [3.05, 3.63) is 18.0 Å². The third-order valence-corrected chi connectivity index (χ3v) is 5.05. The van der Waals surface area contributed by atoms with Gasteiger partial charge >= 0.3 is 0 Å². The van der Waals surface area contributed by atoms with Gasteiger partial charge in [0.2, 0.25) is 0 Å². The van der Waals surface area contributed by atoms with Crippen molar-refractivity contribution in [3.63, 3.8) is 0 Å². The average molecular weight is 277 g/mol. The fourth-order valence-corrected chi connectivity index (χ4v) is 3.50. The summed E-state index contributed by atoms with van der Waals surface area (Å²) in [6.07, 6.45) is 9.90. The summed E-state index contributed by atoms with van der Waals surface area (Å²) in [5.74, 6) is 1.71. The predicted molar refractivity (Wildman–Crippen MR) is 84.9 cm³/mol. The van der Waals surface area contributed by atoms with Crippen LogP contribution in [0.25, 0.3) is 0 Å². The molecular weight excluding hydrogens is 246 g/mol. The molecule has 0 aliphatic heterocycles. The van der Waals surface area contributed by atoms with Crippen molar-refractivity contribution in [1.82, 2.24) is 15.1 Å². The lowest BCUT2D eigenvalue weighted by molar-refractivity contribution is 0.226. The standard InChI is InChI=1S/C17H31N3/c1-5-14(3)20-10-9-16(19-20)12-17(18-4)15-8-6-7-13(2)11-15/h9-10,13-15,17-18H,5-8,11-12H2,1-4H3. The summed E-state index contributed by atoms with van der Waals surface area (Å²) in [6, 6.07) is 3.28. The molecule has 0 radical (unpaired) electrons. The van der Waals surface area contributed by atoms with Crippen LogP contribution in [0.5, 0.6) is 0 Å². The second-order valence-corrected chi connectivity index (χ2v) is 6.68. The highest BCUT2D eigenvalue weighted by Crippen LogP contribution is 2.31. The summed E-state index contributed by atoms with van der Waals surface area (Å²) in [6.45, 7) is 6.84. The topological polar surface area (TPSA) is 29.9 Å². The number of nitrogens with one attached hydrogen (secondary N) is 1. The van der Waals surface area contributed by atoms with Gasteiger partial charge in [-0.05, 0) is 51.1 Å². The lowest BCUT2D eigenvalue weighted by Crippen LogP contribution is -2.38. The number of rotatable bonds is 6. The van der Waals surface area contributed by atoms with E-state index in [1.165, 1.54) is 31.4 Å². The van der Waals surface area contributed by atoms with Crippen LogP contribution in [0.15, 0.2) is 12.3 Å². The predicted octanol–water partition coefficient (Wildman–Crippen LogP) is 3.81. The number of likely N-dealkylation sites (N-methyl/N-ethyl adjacent to an activating group) is 1. The van der Waals surface area contributed by atoms with Crippen molar-refractivity contribution >= 4 is 0 Å². The van der Waals surface area contributed by atoms with E-state index in [4.69, 9.17) is 5.10 Å². The highest BCUT2D eigenvalue weighted by atomic mass is 15.3. The molecule has 2 rings (SSSR count). The minimum absolute atomic E-state index is 0.506. The molecule has 0 spiro atoms. The van der Waals surface area contributed by atoms with E-state index in [2.05, 4.69) is 50.1 Å². The van der Waals surface area contributed by atoms with Gasteiger partial charge in [0.05, 0.1) is 5.69 Å². The van der Waals surface area contributed by atoms with Crippen LogP contribution in [0.2, 0.25) is 0 Å². The van der Waals surface area contributed by atoms with Crippen molar-refractivity contribution in [2.24, 2.45) is 11.8 Å². The molecule has 1 N–H and O–H groups in total. The molecule has 20 heavy (non-hydrogen) atoms. The Hall–Kier alpha value is -0.830. The zero-order valence-electron chi connectivity index (χ0n) is 13.6. The second-order valence-electron chi connectivity index (χ2n) is 6.68. The fraction of sp³-hybridized carbons (Fsp3) is 0.824. The molecule has 0 amide bonds. The SMILES string of the molecule is CCC(C)n1ccc(CC(NC)C2CCCC(C)C2)n1. The summed E-state index contributed by atoms with van der Waals surface area (Å²) in [7, 11) is 2.11. The molecule has 1 aromatic rings. The first-order valence-electron chi connectivity index (χ1n) is 8.35. The van der Waals surface area contributed by atoms with Gasteiger partial charge in [0, 0.05) is 24.7 Å². The van der Waals surface area contributed by atoms with Crippen LogP contribution in [0, 0.1) is 11.8 Å². The number of hydrogen-bond acceptors (Lipinski definition) is 2. The largest absolute Gasteiger partial charge is 0.316 e. The maximum atomic E-state index is 4.76. The van der Waals surface area contributed by atoms with Gasteiger partial charge in [-0.1, -0.05) is 26.7 Å². The Balaban J connectivity index is 1.97. The van der Waals surface area contributed by atoms with Gasteiger partial charge in [-0.3, -0.25) is 4.68 Å². The van der Waals surface area contributed by atoms with Crippen molar-refractivity contribution in [1.29, 1.82) is 0 Å². The second kappa shape index (κ2) is 7.26. The highest BCUT2D eigenvalue weighted by molar-refractivity contribution is 5.03. The molecule has 4 atom stereocenters. The van der Waals surface area contributed by atoms with Crippen molar-refractivity contribution in [2.45, 2.75) is 71.4 Å². The molecule has 0 aromatic carbocycles. The first kappa shape index (κ1) is 15.6. The van der Waals surface area contributed by atoms with E-state index in [0.29, 0.717) is 12.1 Å². The van der Waals surface area contributed by atoms with Gasteiger partial charge in [0.25, 0.3) is 0 Å². The molecule has 1 fully saturated rings. The Morgan fingerprint density at radius 3 is 2.90 bits per heavy atom. The number of aromatic nitrogens is 2. The molecule has 1 aromatic heterocycles. The first-order chi connectivity index (χ1) is 9.63. The third kappa shape index (κ3) is 3.85. The minimum atomic E-state index is 0.506. The molecule has 1 aliphatic carbocycles. The fourth-order valence-electron chi connectivity index (χ4n) is 3.50. The molecular formula is C17H31N3. The van der Waals surface area contributed by atoms with Crippen molar-refractivity contribution in [3.8, 4) is 0 Å². The molecule has 3 nitrogen and oxygen atoms in total. The highest BCUT2D eigenvalue weighted by Gasteiger charge is 2.26. The van der Waals surface area contributed by atoms with E-state index >= 15 is 0 Å². The van der Waals surface area contributed by atoms with Crippen molar-refractivity contribution in [2.75, 3.05) is 7.05 Å². The summed E-state index contributed by atoms with van der Waals surface area (Å²) in [4.78, 5) is 0. The van der Waals surface area contributed by atoms with Gasteiger partial charge < -0.3 is 5.32 Å². The Morgan fingerprint density at radius 1 is 1.45 bits per heavy atom. The molecule has 1 saturated carbocycles. The zero-order valence-corrected chi connectivity index (χ0v) is 13.6.